The Kier molecular flexibility index (Phi) is 4.18. The molecule has 1 saturated carbocycles. The highest BCUT2D eigenvalue weighted by molar-refractivity contribution is 5.91. The average molecular weight is 246 g/mol. The van der Waals surface area contributed by atoms with E-state index in [9.17, 15) is 4.79 Å². The van der Waals surface area contributed by atoms with Gasteiger partial charge in [-0.15, -0.1) is 0 Å². The molecule has 0 N–H and O–H groups in total. The topological polar surface area (TPSA) is 26.3 Å². The summed E-state index contributed by atoms with van der Waals surface area (Å²) in [4.78, 5) is 12.5. The first-order valence-corrected chi connectivity index (χ1v) is 6.85. The van der Waals surface area contributed by atoms with Crippen molar-refractivity contribution in [3.8, 4) is 0 Å². The van der Waals surface area contributed by atoms with Crippen LogP contribution in [0, 0.1) is 0 Å². The number of carbonyl (C=O) groups excluding carboxylic acids is 1. The van der Waals surface area contributed by atoms with Gasteiger partial charge in [0.25, 0.3) is 0 Å². The molecule has 0 spiro atoms. The summed E-state index contributed by atoms with van der Waals surface area (Å²) in [6, 6.07) is 10.2. The Morgan fingerprint density at radius 3 is 2.39 bits per heavy atom. The van der Waals surface area contributed by atoms with Crippen LogP contribution in [0.25, 0.3) is 0 Å². The van der Waals surface area contributed by atoms with E-state index in [4.69, 9.17) is 4.74 Å². The molecule has 1 aromatic rings. The Hall–Kier alpha value is -1.15. The summed E-state index contributed by atoms with van der Waals surface area (Å²) < 4.78 is 5.51. The number of ether oxygens (including phenoxy) is 1. The van der Waals surface area contributed by atoms with Crippen molar-refractivity contribution in [3.63, 3.8) is 0 Å². The quantitative estimate of drug-likeness (QED) is 0.795. The third-order valence-corrected chi connectivity index (χ3v) is 3.86. The third-order valence-electron chi connectivity index (χ3n) is 3.86. The fraction of sp³-hybridized carbons (Fsp3) is 0.562. The molecule has 0 bridgehead atoms. The predicted octanol–water partition coefficient (Wildman–Crippen LogP) is 3.49. The molecule has 0 unspecified atom stereocenters. The Morgan fingerprint density at radius 2 is 1.83 bits per heavy atom. The highest BCUT2D eigenvalue weighted by atomic mass is 16.5. The van der Waals surface area contributed by atoms with Gasteiger partial charge in [-0.05, 0) is 32.3 Å². The van der Waals surface area contributed by atoms with Crippen LogP contribution in [0.3, 0.4) is 0 Å². The van der Waals surface area contributed by atoms with Crippen molar-refractivity contribution >= 4 is 5.78 Å². The van der Waals surface area contributed by atoms with Crippen LogP contribution in [-0.4, -0.2) is 18.5 Å². The average Bonchev–Trinajstić information content (AvgIpc) is 2.87. The lowest BCUT2D eigenvalue weighted by atomic mass is 9.75. The first-order valence-electron chi connectivity index (χ1n) is 6.85. The molecule has 0 heterocycles. The zero-order chi connectivity index (χ0) is 13.0. The summed E-state index contributed by atoms with van der Waals surface area (Å²) >= 11 is 0. The Labute approximate surface area is 109 Å². The van der Waals surface area contributed by atoms with Gasteiger partial charge in [-0.3, -0.25) is 4.79 Å². The Bertz CT molecular complexity index is 389. The molecule has 2 rings (SSSR count). The Balaban J connectivity index is 2.19. The molecule has 0 amide bonds. The van der Waals surface area contributed by atoms with E-state index in [1.807, 2.05) is 32.0 Å². The zero-order valence-electron chi connectivity index (χ0n) is 11.3. The molecule has 0 radical (unpaired) electrons. The third kappa shape index (κ3) is 2.64. The van der Waals surface area contributed by atoms with Crippen LogP contribution in [0.4, 0.5) is 0 Å². The molecule has 0 atom stereocenters. The van der Waals surface area contributed by atoms with Crippen molar-refractivity contribution in [1.82, 2.24) is 0 Å². The van der Waals surface area contributed by atoms with Crippen LogP contribution in [0.5, 0.6) is 0 Å². The lowest BCUT2D eigenvalue weighted by Gasteiger charge is -2.28. The van der Waals surface area contributed by atoms with Crippen molar-refractivity contribution in [2.24, 2.45) is 0 Å². The van der Waals surface area contributed by atoms with Crippen molar-refractivity contribution < 1.29 is 9.53 Å². The van der Waals surface area contributed by atoms with Crippen molar-refractivity contribution in [2.75, 3.05) is 6.61 Å². The second kappa shape index (κ2) is 5.66. The largest absolute Gasteiger partial charge is 0.371 e. The molecule has 1 fully saturated rings. The van der Waals surface area contributed by atoms with E-state index in [1.165, 1.54) is 5.56 Å². The predicted molar refractivity (Wildman–Crippen MR) is 72.7 cm³/mol. The van der Waals surface area contributed by atoms with Crippen LogP contribution in [0.1, 0.15) is 45.1 Å². The number of rotatable bonds is 5. The van der Waals surface area contributed by atoms with Gasteiger partial charge in [-0.1, -0.05) is 43.2 Å². The molecule has 2 nitrogen and oxygen atoms in total. The minimum atomic E-state index is -0.282. The van der Waals surface area contributed by atoms with Crippen LogP contribution in [-0.2, 0) is 14.9 Å². The number of ketones is 1. The van der Waals surface area contributed by atoms with Gasteiger partial charge in [0.2, 0.25) is 0 Å². The van der Waals surface area contributed by atoms with Gasteiger partial charge in [-0.2, -0.15) is 0 Å². The summed E-state index contributed by atoms with van der Waals surface area (Å²) in [5.74, 6) is 0.250. The van der Waals surface area contributed by atoms with E-state index in [2.05, 4.69) is 12.1 Å². The molecule has 0 saturated heterocycles. The first kappa shape index (κ1) is 13.3. The van der Waals surface area contributed by atoms with Crippen LogP contribution in [0.15, 0.2) is 30.3 Å². The first-order chi connectivity index (χ1) is 8.65. The number of Topliss-reactive ketones (excluding diaryl/α,β-unsaturated/α-hetero) is 1. The minimum absolute atomic E-state index is 0.114. The smallest absolute Gasteiger partial charge is 0.168 e. The van der Waals surface area contributed by atoms with Crippen molar-refractivity contribution in [1.29, 1.82) is 0 Å². The highest BCUT2D eigenvalue weighted by Gasteiger charge is 2.42. The van der Waals surface area contributed by atoms with Crippen LogP contribution >= 0.6 is 0 Å². The SMILES string of the molecule is CC(C)OCC(=O)C1(c2ccccc2)CCCC1. The van der Waals surface area contributed by atoms with Crippen LogP contribution < -0.4 is 0 Å². The van der Waals surface area contributed by atoms with Crippen LogP contribution in [0.2, 0.25) is 0 Å². The maximum atomic E-state index is 12.5. The van der Waals surface area contributed by atoms with E-state index in [1.54, 1.807) is 0 Å². The number of benzene rings is 1. The second-order valence-electron chi connectivity index (χ2n) is 5.44. The number of hydrogen-bond acceptors (Lipinski definition) is 2. The monoisotopic (exact) mass is 246 g/mol. The summed E-state index contributed by atoms with van der Waals surface area (Å²) in [5.41, 5.74) is 0.885. The van der Waals surface area contributed by atoms with E-state index in [-0.39, 0.29) is 23.9 Å². The highest BCUT2D eigenvalue weighted by Crippen LogP contribution is 2.41. The van der Waals surface area contributed by atoms with Gasteiger partial charge >= 0.3 is 0 Å². The van der Waals surface area contributed by atoms with Gasteiger partial charge < -0.3 is 4.74 Å². The summed E-state index contributed by atoms with van der Waals surface area (Å²) in [7, 11) is 0. The molecule has 2 heteroatoms. The fourth-order valence-electron chi connectivity index (χ4n) is 2.84. The molecule has 1 aliphatic carbocycles. The van der Waals surface area contributed by atoms with Gasteiger partial charge in [0, 0.05) is 0 Å². The number of carbonyl (C=O) groups is 1. The molecule has 18 heavy (non-hydrogen) atoms. The normalized spacial score (nSPS) is 18.2. The minimum Gasteiger partial charge on any atom is -0.371 e. The summed E-state index contributed by atoms with van der Waals surface area (Å²) in [6.07, 6.45) is 4.34. The van der Waals surface area contributed by atoms with E-state index in [0.717, 1.165) is 25.7 Å². The zero-order valence-corrected chi connectivity index (χ0v) is 11.3. The number of hydrogen-bond donors (Lipinski definition) is 0. The molecule has 0 aromatic heterocycles. The fourth-order valence-corrected chi connectivity index (χ4v) is 2.84. The maximum Gasteiger partial charge on any atom is 0.168 e. The van der Waals surface area contributed by atoms with Gasteiger partial charge in [0.05, 0.1) is 11.5 Å². The molecule has 98 valence electrons. The van der Waals surface area contributed by atoms with Gasteiger partial charge in [0.1, 0.15) is 6.61 Å². The van der Waals surface area contributed by atoms with E-state index >= 15 is 0 Å². The lowest BCUT2D eigenvalue weighted by Crippen LogP contribution is -2.36. The molecule has 0 aliphatic heterocycles. The second-order valence-corrected chi connectivity index (χ2v) is 5.44. The molecular weight excluding hydrogens is 224 g/mol. The van der Waals surface area contributed by atoms with E-state index < -0.39 is 0 Å². The van der Waals surface area contributed by atoms with Crippen molar-refractivity contribution in [2.45, 2.75) is 51.0 Å². The Morgan fingerprint density at radius 1 is 1.22 bits per heavy atom. The lowest BCUT2D eigenvalue weighted by molar-refractivity contribution is -0.130. The maximum absolute atomic E-state index is 12.5. The molecule has 1 aliphatic rings. The molecule has 1 aromatic carbocycles. The van der Waals surface area contributed by atoms with Gasteiger partial charge in [0.15, 0.2) is 5.78 Å². The summed E-state index contributed by atoms with van der Waals surface area (Å²) in [5, 5.41) is 0. The standard InChI is InChI=1S/C16H22O2/c1-13(2)18-12-15(17)16(10-6-7-11-16)14-8-4-3-5-9-14/h3-5,8-9,13H,6-7,10-12H2,1-2H3. The van der Waals surface area contributed by atoms with E-state index in [0.29, 0.717) is 0 Å². The van der Waals surface area contributed by atoms with Crippen molar-refractivity contribution in [3.05, 3.63) is 35.9 Å². The van der Waals surface area contributed by atoms with Gasteiger partial charge in [-0.25, -0.2) is 0 Å². The summed E-state index contributed by atoms with van der Waals surface area (Å²) in [6.45, 7) is 4.18. The molecular formula is C16H22O2.